The molecule has 0 aliphatic heterocycles. The molecule has 1 aliphatic rings. The number of nitrogens with two attached hydrogens (primary N) is 1. The predicted octanol–water partition coefficient (Wildman–Crippen LogP) is 5.54. The maximum atomic E-state index is 11.8. The molecule has 35 heavy (non-hydrogen) atoms. The Morgan fingerprint density at radius 3 is 2.54 bits per heavy atom. The van der Waals surface area contributed by atoms with Crippen LogP contribution in [0.1, 0.15) is 31.2 Å². The molecule has 1 amide bonds. The molecule has 0 spiro atoms. The number of hydrogen-bond acceptors (Lipinski definition) is 8. The quantitative estimate of drug-likeness (QED) is 0.190. The zero-order chi connectivity index (χ0) is 25.1. The van der Waals surface area contributed by atoms with Gasteiger partial charge in [0, 0.05) is 18.1 Å². The lowest BCUT2D eigenvalue weighted by Gasteiger charge is -2.19. The van der Waals surface area contributed by atoms with Crippen LogP contribution in [0.2, 0.25) is 10.0 Å². The van der Waals surface area contributed by atoms with Crippen molar-refractivity contribution in [3.05, 3.63) is 58.2 Å². The van der Waals surface area contributed by atoms with Crippen LogP contribution in [-0.4, -0.2) is 29.3 Å². The van der Waals surface area contributed by atoms with E-state index < -0.39 is 17.8 Å². The van der Waals surface area contributed by atoms with Gasteiger partial charge in [-0.25, -0.2) is 9.59 Å². The van der Waals surface area contributed by atoms with Crippen molar-refractivity contribution in [2.75, 3.05) is 11.6 Å². The SMILES string of the molecule is CCN(N=C(C#N)C(=O)OC(N)=O)c1cc(Cl)c(Oc2ccc3nccc(C4CC4)c3c2)c(Cl)c1. The highest BCUT2D eigenvalue weighted by atomic mass is 35.5. The van der Waals surface area contributed by atoms with E-state index in [1.807, 2.05) is 24.4 Å². The Hall–Kier alpha value is -3.87. The molecule has 1 aromatic heterocycles. The van der Waals surface area contributed by atoms with Gasteiger partial charge in [-0.3, -0.25) is 9.99 Å². The number of ether oxygens (including phenoxy) is 2. The van der Waals surface area contributed by atoms with Gasteiger partial charge in [-0.2, -0.15) is 10.4 Å². The first-order valence-corrected chi connectivity index (χ1v) is 11.4. The van der Waals surface area contributed by atoms with Crippen molar-refractivity contribution in [2.45, 2.75) is 25.7 Å². The van der Waals surface area contributed by atoms with Crippen LogP contribution < -0.4 is 15.5 Å². The van der Waals surface area contributed by atoms with Gasteiger partial charge in [0.1, 0.15) is 11.8 Å². The molecule has 9 nitrogen and oxygen atoms in total. The summed E-state index contributed by atoms with van der Waals surface area (Å²) in [5, 5.41) is 15.9. The van der Waals surface area contributed by atoms with Gasteiger partial charge in [0.2, 0.25) is 5.71 Å². The van der Waals surface area contributed by atoms with E-state index >= 15 is 0 Å². The van der Waals surface area contributed by atoms with Crippen LogP contribution in [0.5, 0.6) is 11.5 Å². The number of nitriles is 1. The van der Waals surface area contributed by atoms with E-state index in [1.165, 1.54) is 22.7 Å². The van der Waals surface area contributed by atoms with Crippen molar-refractivity contribution in [3.8, 4) is 17.6 Å². The number of nitrogens with zero attached hydrogens (tertiary/aromatic N) is 4. The largest absolute Gasteiger partial charge is 0.454 e. The third-order valence-corrected chi connectivity index (χ3v) is 5.84. The summed E-state index contributed by atoms with van der Waals surface area (Å²) in [6, 6.07) is 12.3. The number of aromatic nitrogens is 1. The average Bonchev–Trinajstić information content (AvgIpc) is 3.66. The number of hydrazone groups is 1. The molecular weight excluding hydrogens is 493 g/mol. The molecule has 0 saturated heterocycles. The molecule has 4 rings (SSSR count). The molecule has 1 saturated carbocycles. The Labute approximate surface area is 210 Å². The molecule has 1 heterocycles. The molecule has 0 radical (unpaired) electrons. The number of fused-ring (bicyclic) bond motifs is 1. The predicted molar refractivity (Wildman–Crippen MR) is 132 cm³/mol. The number of benzene rings is 2. The lowest BCUT2D eigenvalue weighted by Crippen LogP contribution is -2.27. The number of primary amides is 1. The van der Waals surface area contributed by atoms with Crippen molar-refractivity contribution >= 4 is 57.6 Å². The molecule has 1 fully saturated rings. The molecule has 0 bridgehead atoms. The second-order valence-electron chi connectivity index (χ2n) is 7.68. The fraction of sp³-hybridized carbons (Fsp3) is 0.208. The van der Waals surface area contributed by atoms with E-state index in [4.69, 9.17) is 33.7 Å². The van der Waals surface area contributed by atoms with E-state index in [0.717, 1.165) is 23.7 Å². The molecular formula is C24H19Cl2N5O4. The number of carbonyl (C=O) groups is 2. The fourth-order valence-corrected chi connectivity index (χ4v) is 4.10. The minimum Gasteiger partial charge on any atom is -0.454 e. The molecule has 0 unspecified atom stereocenters. The minimum atomic E-state index is -1.35. The van der Waals surface area contributed by atoms with E-state index in [2.05, 4.69) is 14.8 Å². The average molecular weight is 512 g/mol. The molecule has 1 aliphatic carbocycles. The first kappa shape index (κ1) is 24.3. The lowest BCUT2D eigenvalue weighted by molar-refractivity contribution is -0.129. The molecule has 3 aromatic rings. The van der Waals surface area contributed by atoms with Gasteiger partial charge in [0.05, 0.1) is 21.2 Å². The second kappa shape index (κ2) is 10.2. The van der Waals surface area contributed by atoms with Crippen LogP contribution in [0, 0.1) is 11.3 Å². The normalized spacial score (nSPS) is 13.3. The smallest absolute Gasteiger partial charge is 0.412 e. The van der Waals surface area contributed by atoms with Gasteiger partial charge in [-0.15, -0.1) is 0 Å². The van der Waals surface area contributed by atoms with Gasteiger partial charge in [0.15, 0.2) is 5.75 Å². The van der Waals surface area contributed by atoms with Crippen LogP contribution in [0.15, 0.2) is 47.7 Å². The number of amides is 1. The number of anilines is 1. The zero-order valence-electron chi connectivity index (χ0n) is 18.5. The number of hydrogen-bond donors (Lipinski definition) is 1. The van der Waals surface area contributed by atoms with Gasteiger partial charge in [-0.1, -0.05) is 23.2 Å². The van der Waals surface area contributed by atoms with Crippen molar-refractivity contribution < 1.29 is 19.1 Å². The van der Waals surface area contributed by atoms with Crippen LogP contribution in [0.25, 0.3) is 10.9 Å². The van der Waals surface area contributed by atoms with E-state index in [9.17, 15) is 14.9 Å². The van der Waals surface area contributed by atoms with Crippen LogP contribution in [-0.2, 0) is 9.53 Å². The summed E-state index contributed by atoms with van der Waals surface area (Å²) < 4.78 is 10.3. The number of rotatable bonds is 7. The highest BCUT2D eigenvalue weighted by Gasteiger charge is 2.25. The summed E-state index contributed by atoms with van der Waals surface area (Å²) in [7, 11) is 0. The number of halogens is 2. The van der Waals surface area contributed by atoms with E-state index in [-0.39, 0.29) is 22.3 Å². The Morgan fingerprint density at radius 1 is 1.23 bits per heavy atom. The van der Waals surface area contributed by atoms with Gasteiger partial charge < -0.3 is 15.2 Å². The summed E-state index contributed by atoms with van der Waals surface area (Å²) in [4.78, 5) is 27.1. The van der Waals surface area contributed by atoms with Crippen molar-refractivity contribution in [3.63, 3.8) is 0 Å². The number of pyridine rings is 1. The highest BCUT2D eigenvalue weighted by molar-refractivity contribution is 6.44. The maximum Gasteiger partial charge on any atom is 0.412 e. The third-order valence-electron chi connectivity index (χ3n) is 5.28. The molecule has 178 valence electrons. The Balaban J connectivity index is 1.63. The van der Waals surface area contributed by atoms with E-state index in [1.54, 1.807) is 19.1 Å². The number of carbonyl (C=O) groups excluding carboxylic acids is 2. The summed E-state index contributed by atoms with van der Waals surface area (Å²) in [5.74, 6) is 0.0607. The van der Waals surface area contributed by atoms with Crippen molar-refractivity contribution in [2.24, 2.45) is 10.8 Å². The Kier molecular flexibility index (Phi) is 7.05. The Morgan fingerprint density at radius 2 is 1.94 bits per heavy atom. The molecule has 11 heteroatoms. The van der Waals surface area contributed by atoms with Gasteiger partial charge in [0.25, 0.3) is 0 Å². The van der Waals surface area contributed by atoms with Crippen molar-refractivity contribution in [1.29, 1.82) is 5.26 Å². The lowest BCUT2D eigenvalue weighted by atomic mass is 10.1. The summed E-state index contributed by atoms with van der Waals surface area (Å²) in [6.45, 7) is 1.97. The minimum absolute atomic E-state index is 0.188. The first-order valence-electron chi connectivity index (χ1n) is 10.6. The fourth-order valence-electron chi connectivity index (χ4n) is 3.55. The molecule has 0 atom stereocenters. The van der Waals surface area contributed by atoms with Gasteiger partial charge in [-0.05, 0) is 67.6 Å². The standard InChI is InChI=1S/C24H19Cl2N5O4/c1-2-31(30-21(12-27)23(32)35-24(28)33)14-9-18(25)22(19(26)10-14)34-15-5-6-20-17(11-15)16(7-8-29-20)13-3-4-13/h5-11,13H,2-4H2,1H3,(H2,28,33). The second-order valence-corrected chi connectivity index (χ2v) is 8.49. The summed E-state index contributed by atoms with van der Waals surface area (Å²) in [5.41, 5.74) is 6.66. The van der Waals surface area contributed by atoms with Crippen LogP contribution in [0.4, 0.5) is 10.5 Å². The topological polar surface area (TPSA) is 131 Å². The molecule has 2 aromatic carbocycles. The highest BCUT2D eigenvalue weighted by Crippen LogP contribution is 2.44. The Bertz CT molecular complexity index is 1380. The summed E-state index contributed by atoms with van der Waals surface area (Å²) >= 11 is 13.0. The number of esters is 1. The summed E-state index contributed by atoms with van der Waals surface area (Å²) in [6.07, 6.45) is 2.79. The van der Waals surface area contributed by atoms with E-state index in [0.29, 0.717) is 17.4 Å². The first-order chi connectivity index (χ1) is 16.8. The third kappa shape index (κ3) is 5.45. The van der Waals surface area contributed by atoms with Crippen LogP contribution in [0.3, 0.4) is 0 Å². The molecule has 2 N–H and O–H groups in total. The van der Waals surface area contributed by atoms with Crippen LogP contribution >= 0.6 is 23.2 Å². The van der Waals surface area contributed by atoms with Gasteiger partial charge >= 0.3 is 12.1 Å². The zero-order valence-corrected chi connectivity index (χ0v) is 20.0. The maximum absolute atomic E-state index is 11.8. The monoisotopic (exact) mass is 511 g/mol. The van der Waals surface area contributed by atoms with Crippen molar-refractivity contribution in [1.82, 2.24) is 4.98 Å².